The number of hydrogen-bond donors (Lipinski definition) is 1. The highest BCUT2D eigenvalue weighted by molar-refractivity contribution is 6.19. The molecule has 1 aromatic rings. The van der Waals surface area contributed by atoms with Crippen LogP contribution in [0.2, 0.25) is 0 Å². The van der Waals surface area contributed by atoms with E-state index in [4.69, 9.17) is 11.6 Å². The SMILES string of the molecule is CC(C)c1ccccc1NC(=O)CCCl. The maximum Gasteiger partial charge on any atom is 0.225 e. The van der Waals surface area contributed by atoms with Crippen LogP contribution in [0, 0.1) is 0 Å². The normalized spacial score (nSPS) is 10.4. The summed E-state index contributed by atoms with van der Waals surface area (Å²) in [5, 5.41) is 2.87. The minimum atomic E-state index is -0.0295. The van der Waals surface area contributed by atoms with Gasteiger partial charge in [-0.05, 0) is 17.5 Å². The molecule has 0 radical (unpaired) electrons. The highest BCUT2D eigenvalue weighted by Gasteiger charge is 2.08. The van der Waals surface area contributed by atoms with Crippen LogP contribution in [0.15, 0.2) is 24.3 Å². The van der Waals surface area contributed by atoms with Crippen LogP contribution >= 0.6 is 11.6 Å². The number of alkyl halides is 1. The molecule has 0 bridgehead atoms. The Morgan fingerprint density at radius 2 is 2.07 bits per heavy atom. The molecule has 0 unspecified atom stereocenters. The van der Waals surface area contributed by atoms with E-state index in [9.17, 15) is 4.79 Å². The summed E-state index contributed by atoms with van der Waals surface area (Å²) in [6.45, 7) is 4.21. The summed E-state index contributed by atoms with van der Waals surface area (Å²) >= 11 is 5.50. The Hall–Kier alpha value is -1.02. The summed E-state index contributed by atoms with van der Waals surface area (Å²) in [5.74, 6) is 0.728. The number of halogens is 1. The molecular weight excluding hydrogens is 210 g/mol. The van der Waals surface area contributed by atoms with E-state index < -0.39 is 0 Å². The highest BCUT2D eigenvalue weighted by atomic mass is 35.5. The van der Waals surface area contributed by atoms with E-state index in [2.05, 4.69) is 19.2 Å². The Kier molecular flexibility index (Phi) is 4.63. The molecule has 1 amide bonds. The second kappa shape index (κ2) is 5.76. The molecule has 0 spiro atoms. The van der Waals surface area contributed by atoms with E-state index in [1.165, 1.54) is 0 Å². The number of amides is 1. The van der Waals surface area contributed by atoms with Crippen molar-refractivity contribution in [3.05, 3.63) is 29.8 Å². The van der Waals surface area contributed by atoms with Crippen LogP contribution in [0.3, 0.4) is 0 Å². The molecule has 82 valence electrons. The first-order valence-electron chi connectivity index (χ1n) is 5.10. The second-order valence-corrected chi connectivity index (χ2v) is 4.11. The topological polar surface area (TPSA) is 29.1 Å². The number of benzene rings is 1. The van der Waals surface area contributed by atoms with Gasteiger partial charge in [0, 0.05) is 18.0 Å². The van der Waals surface area contributed by atoms with Gasteiger partial charge in [-0.2, -0.15) is 0 Å². The molecule has 0 aromatic heterocycles. The molecular formula is C12H16ClNO. The molecule has 15 heavy (non-hydrogen) atoms. The van der Waals surface area contributed by atoms with E-state index in [-0.39, 0.29) is 5.91 Å². The van der Waals surface area contributed by atoms with Crippen molar-refractivity contribution in [1.82, 2.24) is 0 Å². The Balaban J connectivity index is 2.80. The maximum atomic E-state index is 11.4. The molecule has 0 saturated heterocycles. The summed E-state index contributed by atoms with van der Waals surface area (Å²) in [6.07, 6.45) is 0.355. The lowest BCUT2D eigenvalue weighted by atomic mass is 10.0. The second-order valence-electron chi connectivity index (χ2n) is 3.73. The molecule has 0 heterocycles. The monoisotopic (exact) mass is 225 g/mol. The fourth-order valence-corrected chi connectivity index (χ4v) is 1.58. The van der Waals surface area contributed by atoms with Crippen molar-refractivity contribution in [2.45, 2.75) is 26.2 Å². The van der Waals surface area contributed by atoms with Gasteiger partial charge in [0.1, 0.15) is 0 Å². The summed E-state index contributed by atoms with van der Waals surface area (Å²) in [7, 11) is 0. The minimum Gasteiger partial charge on any atom is -0.326 e. The average Bonchev–Trinajstić information content (AvgIpc) is 2.18. The van der Waals surface area contributed by atoms with Crippen molar-refractivity contribution < 1.29 is 4.79 Å². The van der Waals surface area contributed by atoms with Gasteiger partial charge in [-0.25, -0.2) is 0 Å². The van der Waals surface area contributed by atoms with Gasteiger partial charge in [0.15, 0.2) is 0 Å². The van der Waals surface area contributed by atoms with E-state index in [0.29, 0.717) is 18.2 Å². The zero-order valence-corrected chi connectivity index (χ0v) is 9.84. The van der Waals surface area contributed by atoms with Gasteiger partial charge in [0.2, 0.25) is 5.91 Å². The van der Waals surface area contributed by atoms with E-state index in [1.54, 1.807) is 0 Å². The predicted molar refractivity (Wildman–Crippen MR) is 64.5 cm³/mol. The lowest BCUT2D eigenvalue weighted by molar-refractivity contribution is -0.115. The number of para-hydroxylation sites is 1. The van der Waals surface area contributed by atoms with Crippen LogP contribution < -0.4 is 5.32 Å². The summed E-state index contributed by atoms with van der Waals surface area (Å²) < 4.78 is 0. The van der Waals surface area contributed by atoms with E-state index >= 15 is 0 Å². The molecule has 2 nitrogen and oxygen atoms in total. The third-order valence-electron chi connectivity index (χ3n) is 2.18. The third-order valence-corrected chi connectivity index (χ3v) is 2.37. The van der Waals surface area contributed by atoms with Gasteiger partial charge in [-0.3, -0.25) is 4.79 Å². The zero-order valence-electron chi connectivity index (χ0n) is 9.09. The number of rotatable bonds is 4. The summed E-state index contributed by atoms with van der Waals surface area (Å²) in [4.78, 5) is 11.4. The standard InChI is InChI=1S/C12H16ClNO/c1-9(2)10-5-3-4-6-11(10)14-12(15)7-8-13/h3-6,9H,7-8H2,1-2H3,(H,14,15). The number of nitrogens with one attached hydrogen (secondary N) is 1. The molecule has 1 N–H and O–H groups in total. The van der Waals surface area contributed by atoms with Gasteiger partial charge in [-0.15, -0.1) is 11.6 Å². The van der Waals surface area contributed by atoms with E-state index in [1.807, 2.05) is 24.3 Å². The Bertz CT molecular complexity index is 336. The number of carbonyl (C=O) groups excluding carboxylic acids is 1. The first-order valence-corrected chi connectivity index (χ1v) is 5.63. The molecule has 0 saturated carbocycles. The lowest BCUT2D eigenvalue weighted by Gasteiger charge is -2.13. The Morgan fingerprint density at radius 3 is 2.67 bits per heavy atom. The maximum absolute atomic E-state index is 11.4. The minimum absolute atomic E-state index is 0.0295. The molecule has 3 heteroatoms. The average molecular weight is 226 g/mol. The highest BCUT2D eigenvalue weighted by Crippen LogP contribution is 2.23. The fraction of sp³-hybridized carbons (Fsp3) is 0.417. The van der Waals surface area contributed by atoms with Crippen LogP contribution in [0.25, 0.3) is 0 Å². The van der Waals surface area contributed by atoms with Crippen LogP contribution in [-0.2, 0) is 4.79 Å². The summed E-state index contributed by atoms with van der Waals surface area (Å²) in [5.41, 5.74) is 2.04. The van der Waals surface area contributed by atoms with Crippen LogP contribution in [0.1, 0.15) is 31.7 Å². The van der Waals surface area contributed by atoms with Gasteiger partial charge in [0.25, 0.3) is 0 Å². The molecule has 0 fully saturated rings. The van der Waals surface area contributed by atoms with Crippen molar-refractivity contribution in [3.63, 3.8) is 0 Å². The largest absolute Gasteiger partial charge is 0.326 e. The van der Waals surface area contributed by atoms with Gasteiger partial charge < -0.3 is 5.32 Å². The summed E-state index contributed by atoms with van der Waals surface area (Å²) in [6, 6.07) is 7.84. The number of carbonyl (C=O) groups is 1. The van der Waals surface area contributed by atoms with Crippen molar-refractivity contribution in [2.75, 3.05) is 11.2 Å². The number of hydrogen-bond acceptors (Lipinski definition) is 1. The third kappa shape index (κ3) is 3.56. The van der Waals surface area contributed by atoms with E-state index in [0.717, 1.165) is 11.3 Å². The van der Waals surface area contributed by atoms with Gasteiger partial charge in [-0.1, -0.05) is 32.0 Å². The molecule has 1 aromatic carbocycles. The number of anilines is 1. The smallest absolute Gasteiger partial charge is 0.225 e. The molecule has 1 rings (SSSR count). The Labute approximate surface area is 95.6 Å². The van der Waals surface area contributed by atoms with Gasteiger partial charge >= 0.3 is 0 Å². The van der Waals surface area contributed by atoms with Crippen LogP contribution in [-0.4, -0.2) is 11.8 Å². The van der Waals surface area contributed by atoms with Crippen LogP contribution in [0.5, 0.6) is 0 Å². The molecule has 0 atom stereocenters. The van der Waals surface area contributed by atoms with Crippen molar-refractivity contribution in [3.8, 4) is 0 Å². The van der Waals surface area contributed by atoms with Crippen LogP contribution in [0.4, 0.5) is 5.69 Å². The van der Waals surface area contributed by atoms with Gasteiger partial charge in [0.05, 0.1) is 0 Å². The zero-order chi connectivity index (χ0) is 11.3. The molecule has 0 aliphatic carbocycles. The van der Waals surface area contributed by atoms with Crippen molar-refractivity contribution in [2.24, 2.45) is 0 Å². The predicted octanol–water partition coefficient (Wildman–Crippen LogP) is 3.38. The first kappa shape index (κ1) is 12.1. The lowest BCUT2D eigenvalue weighted by Crippen LogP contribution is -2.13. The molecule has 0 aliphatic rings. The van der Waals surface area contributed by atoms with Crippen molar-refractivity contribution in [1.29, 1.82) is 0 Å². The quantitative estimate of drug-likeness (QED) is 0.783. The fourth-order valence-electron chi connectivity index (χ4n) is 1.41. The molecule has 0 aliphatic heterocycles. The van der Waals surface area contributed by atoms with Crippen molar-refractivity contribution >= 4 is 23.2 Å². The first-order chi connectivity index (χ1) is 7.15. The Morgan fingerprint density at radius 1 is 1.40 bits per heavy atom.